The molecular weight excluding hydrogens is 397 g/mol. The molecule has 1 atom stereocenters. The Morgan fingerprint density at radius 1 is 0.900 bits per heavy atom. The molecule has 0 aliphatic rings. The van der Waals surface area contributed by atoms with Crippen LogP contribution in [-0.2, 0) is 14.4 Å². The van der Waals surface area contributed by atoms with Crippen LogP contribution >= 0.6 is 0 Å². The third-order valence-corrected chi connectivity index (χ3v) is 4.58. The fourth-order valence-corrected chi connectivity index (χ4v) is 2.70. The molecule has 0 rings (SSSR count). The number of carbonyl (C=O) groups excluding carboxylic acids is 1. The average molecular weight is 442 g/mol. The summed E-state index contributed by atoms with van der Waals surface area (Å²) < 4.78 is 0. The van der Waals surface area contributed by atoms with Crippen LogP contribution in [0.3, 0.4) is 0 Å². The molecule has 0 bridgehead atoms. The Balaban J connectivity index is -0.000000260. The van der Waals surface area contributed by atoms with Crippen LogP contribution in [0, 0.1) is 0 Å². The maximum absolute atomic E-state index is 11.5. The molecule has 0 saturated heterocycles. The van der Waals surface area contributed by atoms with Crippen LogP contribution in [0.2, 0.25) is 0 Å². The van der Waals surface area contributed by atoms with Gasteiger partial charge in [-0.25, -0.2) is 0 Å². The molecule has 0 spiro atoms. The van der Waals surface area contributed by atoms with Gasteiger partial charge in [-0.3, -0.25) is 14.4 Å². The summed E-state index contributed by atoms with van der Waals surface area (Å²) in [6.07, 6.45) is 13.6. The second-order valence-electron chi connectivity index (χ2n) is 7.45. The fraction of sp³-hybridized carbons (Fsp3) is 0.857. The van der Waals surface area contributed by atoms with Gasteiger partial charge < -0.3 is 28.0 Å². The summed E-state index contributed by atoms with van der Waals surface area (Å²) in [5.41, 5.74) is 10.4. The SMILES string of the molecule is CCCCCCCCCCCC(=O)N(C)CC(=O)O.NCCCCC(N)C(=O)O.[H-].[Na+]. The Kier molecular flexibility index (Phi) is 27.8. The molecule has 1 amide bonds. The number of rotatable bonds is 17. The number of likely N-dealkylation sites (N-methyl/N-ethyl adjacent to an activating group) is 1. The maximum atomic E-state index is 11.5. The van der Waals surface area contributed by atoms with E-state index in [9.17, 15) is 14.4 Å². The zero-order chi connectivity index (χ0) is 22.5. The van der Waals surface area contributed by atoms with E-state index in [1.165, 1.54) is 49.8 Å². The van der Waals surface area contributed by atoms with Gasteiger partial charge >= 0.3 is 41.5 Å². The largest absolute Gasteiger partial charge is 1.00 e. The van der Waals surface area contributed by atoms with E-state index < -0.39 is 18.0 Å². The number of amides is 1. The molecule has 0 aromatic rings. The third-order valence-electron chi connectivity index (χ3n) is 4.58. The molecule has 30 heavy (non-hydrogen) atoms. The molecule has 9 heteroatoms. The minimum atomic E-state index is -0.956. The van der Waals surface area contributed by atoms with Gasteiger partial charge in [-0.2, -0.15) is 0 Å². The fourth-order valence-electron chi connectivity index (χ4n) is 2.70. The first kappa shape index (κ1) is 34.0. The van der Waals surface area contributed by atoms with Crippen molar-refractivity contribution in [2.45, 2.75) is 96.4 Å². The van der Waals surface area contributed by atoms with Gasteiger partial charge in [0, 0.05) is 13.5 Å². The van der Waals surface area contributed by atoms with Crippen LogP contribution < -0.4 is 41.0 Å². The number of hydrogen-bond acceptors (Lipinski definition) is 5. The van der Waals surface area contributed by atoms with Gasteiger partial charge in [0.15, 0.2) is 0 Å². The number of hydrogen-bond donors (Lipinski definition) is 4. The number of carboxylic acids is 2. The standard InChI is InChI=1S/C15H29NO3.C6H14N2O2.Na.H/c1-3-4-5-6-7-8-9-10-11-12-14(17)16(2)13-15(18)19;7-4-2-1-3-5(8)6(9)10;;/h3-13H2,1-2H3,(H,18,19);5H,1-4,7-8H2,(H,9,10);;/q;;+1;-1. The zero-order valence-corrected chi connectivity index (χ0v) is 21.4. The predicted molar refractivity (Wildman–Crippen MR) is 117 cm³/mol. The Morgan fingerprint density at radius 2 is 1.40 bits per heavy atom. The molecule has 0 aromatic carbocycles. The summed E-state index contributed by atoms with van der Waals surface area (Å²) in [6, 6.07) is -0.716. The summed E-state index contributed by atoms with van der Waals surface area (Å²) in [7, 11) is 1.55. The van der Waals surface area contributed by atoms with Crippen LogP contribution in [0.1, 0.15) is 91.8 Å². The molecule has 0 radical (unpaired) electrons. The van der Waals surface area contributed by atoms with Gasteiger partial charge in [0.1, 0.15) is 12.6 Å². The topological polar surface area (TPSA) is 147 Å². The minimum absolute atomic E-state index is 0. The van der Waals surface area contributed by atoms with E-state index in [2.05, 4.69) is 6.92 Å². The average Bonchev–Trinajstić information content (AvgIpc) is 2.66. The quantitative estimate of drug-likeness (QED) is 0.185. The molecule has 0 fully saturated rings. The molecule has 0 heterocycles. The van der Waals surface area contributed by atoms with Crippen molar-refractivity contribution in [3.63, 3.8) is 0 Å². The summed E-state index contributed by atoms with van der Waals surface area (Å²) >= 11 is 0. The Morgan fingerprint density at radius 3 is 1.83 bits per heavy atom. The van der Waals surface area contributed by atoms with E-state index in [0.717, 1.165) is 25.7 Å². The van der Waals surface area contributed by atoms with E-state index in [4.69, 9.17) is 21.7 Å². The van der Waals surface area contributed by atoms with Crippen molar-refractivity contribution in [1.82, 2.24) is 4.90 Å². The van der Waals surface area contributed by atoms with E-state index in [-0.39, 0.29) is 43.4 Å². The second kappa shape index (κ2) is 24.6. The van der Waals surface area contributed by atoms with Crippen molar-refractivity contribution in [2.75, 3.05) is 20.1 Å². The van der Waals surface area contributed by atoms with Crippen LogP contribution in [0.5, 0.6) is 0 Å². The van der Waals surface area contributed by atoms with Crippen molar-refractivity contribution in [3.8, 4) is 0 Å². The van der Waals surface area contributed by atoms with E-state index in [1.54, 1.807) is 7.05 Å². The Hall–Kier alpha value is -0.670. The molecule has 174 valence electrons. The molecule has 8 nitrogen and oxygen atoms in total. The van der Waals surface area contributed by atoms with Crippen molar-refractivity contribution in [3.05, 3.63) is 0 Å². The number of carbonyl (C=O) groups is 3. The number of nitrogens with two attached hydrogens (primary N) is 2. The van der Waals surface area contributed by atoms with Gasteiger partial charge in [0.25, 0.3) is 0 Å². The summed E-state index contributed by atoms with van der Waals surface area (Å²) in [5.74, 6) is -1.95. The molecule has 0 saturated carbocycles. The van der Waals surface area contributed by atoms with Crippen molar-refractivity contribution < 1.29 is 55.6 Å². The Bertz CT molecular complexity index is 445. The molecular formula is C21H44N3NaO5. The van der Waals surface area contributed by atoms with Gasteiger partial charge in [0.05, 0.1) is 0 Å². The van der Waals surface area contributed by atoms with E-state index in [0.29, 0.717) is 19.4 Å². The molecule has 6 N–H and O–H groups in total. The first-order valence-corrected chi connectivity index (χ1v) is 10.9. The summed E-state index contributed by atoms with van der Waals surface area (Å²) in [6.45, 7) is 2.63. The minimum Gasteiger partial charge on any atom is -1.00 e. The van der Waals surface area contributed by atoms with Gasteiger partial charge in [0.2, 0.25) is 5.91 Å². The van der Waals surface area contributed by atoms with Gasteiger partial charge in [-0.15, -0.1) is 0 Å². The van der Waals surface area contributed by atoms with Crippen molar-refractivity contribution in [2.24, 2.45) is 11.5 Å². The van der Waals surface area contributed by atoms with E-state index in [1.807, 2.05) is 0 Å². The molecule has 1 unspecified atom stereocenters. The van der Waals surface area contributed by atoms with E-state index >= 15 is 0 Å². The van der Waals surface area contributed by atoms with Gasteiger partial charge in [-0.05, 0) is 25.8 Å². The van der Waals surface area contributed by atoms with Crippen LogP contribution in [0.15, 0.2) is 0 Å². The first-order chi connectivity index (χ1) is 13.8. The monoisotopic (exact) mass is 441 g/mol. The first-order valence-electron chi connectivity index (χ1n) is 10.9. The third kappa shape index (κ3) is 25.4. The maximum Gasteiger partial charge on any atom is 1.00 e. The zero-order valence-electron chi connectivity index (χ0n) is 20.4. The van der Waals surface area contributed by atoms with Crippen molar-refractivity contribution >= 4 is 17.8 Å². The molecule has 0 aliphatic heterocycles. The van der Waals surface area contributed by atoms with Crippen molar-refractivity contribution in [1.29, 1.82) is 0 Å². The summed E-state index contributed by atoms with van der Waals surface area (Å²) in [4.78, 5) is 33.4. The summed E-state index contributed by atoms with van der Waals surface area (Å²) in [5, 5.41) is 16.9. The molecule has 0 aromatic heterocycles. The number of unbranched alkanes of at least 4 members (excludes halogenated alkanes) is 9. The normalized spacial score (nSPS) is 10.9. The van der Waals surface area contributed by atoms with Crippen LogP contribution in [0.25, 0.3) is 0 Å². The predicted octanol–water partition coefficient (Wildman–Crippen LogP) is 0.0941. The van der Waals surface area contributed by atoms with Crippen LogP contribution in [-0.4, -0.2) is 59.1 Å². The second-order valence-corrected chi connectivity index (χ2v) is 7.45. The number of aliphatic carboxylic acids is 2. The number of carboxylic acid groups (broad SMARTS) is 2. The van der Waals surface area contributed by atoms with Crippen LogP contribution in [0.4, 0.5) is 0 Å². The molecule has 0 aliphatic carbocycles. The number of nitrogens with zero attached hydrogens (tertiary/aromatic N) is 1. The Labute approximate surface area is 205 Å². The smallest absolute Gasteiger partial charge is 1.00 e. The van der Waals surface area contributed by atoms with Gasteiger partial charge in [-0.1, -0.05) is 64.7 Å².